The molecule has 0 rings (SSSR count). The van der Waals surface area contributed by atoms with Gasteiger partial charge in [-0.3, -0.25) is 9.59 Å². The van der Waals surface area contributed by atoms with Crippen LogP contribution in [0.5, 0.6) is 0 Å². The summed E-state index contributed by atoms with van der Waals surface area (Å²) in [5, 5.41) is 11.4. The summed E-state index contributed by atoms with van der Waals surface area (Å²) in [6, 6.07) is 0. The number of carboxylic acids is 1. The molecule has 2 unspecified atom stereocenters. The second-order valence-corrected chi connectivity index (χ2v) is 5.45. The summed E-state index contributed by atoms with van der Waals surface area (Å²) in [6.45, 7) is 8.62. The number of amides is 1. The lowest BCUT2D eigenvalue weighted by molar-refractivity contribution is -0.138. The van der Waals surface area contributed by atoms with E-state index in [2.05, 4.69) is 26.1 Å². The van der Waals surface area contributed by atoms with Crippen molar-refractivity contribution in [3.8, 4) is 0 Å². The maximum atomic E-state index is 11.6. The van der Waals surface area contributed by atoms with E-state index in [0.717, 1.165) is 6.42 Å². The minimum absolute atomic E-state index is 0.0168. The topological polar surface area (TPSA) is 66.4 Å². The molecule has 1 amide bonds. The van der Waals surface area contributed by atoms with Crippen LogP contribution >= 0.6 is 0 Å². The molecule has 0 aliphatic carbocycles. The summed E-state index contributed by atoms with van der Waals surface area (Å²) < 4.78 is 0. The Kier molecular flexibility index (Phi) is 7.59. The number of rotatable bonds is 8. The number of aliphatic carboxylic acids is 1. The van der Waals surface area contributed by atoms with E-state index in [-0.39, 0.29) is 18.2 Å². The zero-order chi connectivity index (χ0) is 13.4. The largest absolute Gasteiger partial charge is 0.481 e. The number of carboxylic acid groups (broad SMARTS) is 1. The highest BCUT2D eigenvalue weighted by atomic mass is 16.4. The molecule has 4 nitrogen and oxygen atoms in total. The van der Waals surface area contributed by atoms with Gasteiger partial charge in [0.2, 0.25) is 5.91 Å². The fourth-order valence-electron chi connectivity index (χ4n) is 1.94. The van der Waals surface area contributed by atoms with Crippen molar-refractivity contribution < 1.29 is 14.7 Å². The quantitative estimate of drug-likeness (QED) is 0.687. The summed E-state index contributed by atoms with van der Waals surface area (Å²) in [5.74, 6) is 0.167. The van der Waals surface area contributed by atoms with Gasteiger partial charge in [-0.05, 0) is 24.2 Å². The van der Waals surface area contributed by atoms with Crippen molar-refractivity contribution in [2.24, 2.45) is 17.8 Å². The van der Waals surface area contributed by atoms with Gasteiger partial charge in [0.05, 0.1) is 0 Å². The predicted molar refractivity (Wildman–Crippen MR) is 67.7 cm³/mol. The Morgan fingerprint density at radius 1 is 1.06 bits per heavy atom. The van der Waals surface area contributed by atoms with Gasteiger partial charge in [-0.15, -0.1) is 0 Å². The second kappa shape index (κ2) is 8.09. The smallest absolute Gasteiger partial charge is 0.303 e. The minimum Gasteiger partial charge on any atom is -0.481 e. The van der Waals surface area contributed by atoms with E-state index in [1.165, 1.54) is 0 Å². The lowest BCUT2D eigenvalue weighted by Gasteiger charge is -2.15. The molecule has 2 atom stereocenters. The molecule has 100 valence electrons. The third-order valence-electron chi connectivity index (χ3n) is 2.58. The molecule has 0 aromatic carbocycles. The van der Waals surface area contributed by atoms with Gasteiger partial charge in [-0.1, -0.05) is 27.7 Å². The highest BCUT2D eigenvalue weighted by molar-refractivity contribution is 5.76. The Hall–Kier alpha value is -1.06. The summed E-state index contributed by atoms with van der Waals surface area (Å²) in [5.41, 5.74) is 0. The van der Waals surface area contributed by atoms with Crippen LogP contribution in [-0.4, -0.2) is 23.5 Å². The number of hydrogen-bond donors (Lipinski definition) is 2. The fourth-order valence-corrected chi connectivity index (χ4v) is 1.94. The van der Waals surface area contributed by atoms with Gasteiger partial charge in [-0.25, -0.2) is 0 Å². The third kappa shape index (κ3) is 9.85. The average Bonchev–Trinajstić information content (AvgIpc) is 2.12. The van der Waals surface area contributed by atoms with Gasteiger partial charge in [-0.2, -0.15) is 0 Å². The molecular formula is C13H25NO3. The van der Waals surface area contributed by atoms with E-state index in [4.69, 9.17) is 5.11 Å². The Balaban J connectivity index is 3.75. The first-order valence-corrected chi connectivity index (χ1v) is 6.29. The highest BCUT2D eigenvalue weighted by Crippen LogP contribution is 2.14. The van der Waals surface area contributed by atoms with Gasteiger partial charge >= 0.3 is 5.97 Å². The number of carbonyl (C=O) groups is 2. The molecule has 0 bridgehead atoms. The van der Waals surface area contributed by atoms with Crippen molar-refractivity contribution >= 4 is 11.9 Å². The second-order valence-electron chi connectivity index (χ2n) is 5.45. The summed E-state index contributed by atoms with van der Waals surface area (Å²) in [4.78, 5) is 22.0. The minimum atomic E-state index is -0.820. The molecule has 0 spiro atoms. The van der Waals surface area contributed by atoms with Gasteiger partial charge in [0.25, 0.3) is 0 Å². The van der Waals surface area contributed by atoms with Crippen molar-refractivity contribution in [1.29, 1.82) is 0 Å². The van der Waals surface area contributed by atoms with E-state index < -0.39 is 5.97 Å². The lowest BCUT2D eigenvalue weighted by atomic mass is 9.95. The van der Waals surface area contributed by atoms with Crippen LogP contribution in [0.15, 0.2) is 0 Å². The zero-order valence-corrected chi connectivity index (χ0v) is 11.3. The van der Waals surface area contributed by atoms with E-state index in [1.807, 2.05) is 6.92 Å². The van der Waals surface area contributed by atoms with Gasteiger partial charge < -0.3 is 10.4 Å². The van der Waals surface area contributed by atoms with Crippen LogP contribution in [0.4, 0.5) is 0 Å². The van der Waals surface area contributed by atoms with Crippen LogP contribution in [0, 0.1) is 17.8 Å². The molecule has 0 aliphatic rings. The average molecular weight is 243 g/mol. The highest BCUT2D eigenvalue weighted by Gasteiger charge is 2.12. The van der Waals surface area contributed by atoms with Gasteiger partial charge in [0.1, 0.15) is 0 Å². The van der Waals surface area contributed by atoms with Crippen molar-refractivity contribution in [2.75, 3.05) is 6.54 Å². The van der Waals surface area contributed by atoms with Crippen LogP contribution in [0.1, 0.15) is 47.0 Å². The first-order valence-electron chi connectivity index (χ1n) is 6.29. The molecule has 0 aromatic rings. The zero-order valence-electron chi connectivity index (χ0n) is 11.3. The van der Waals surface area contributed by atoms with Crippen LogP contribution in [0.25, 0.3) is 0 Å². The Labute approximate surface area is 104 Å². The summed E-state index contributed by atoms with van der Waals surface area (Å²) >= 11 is 0. The molecule has 0 saturated carbocycles. The third-order valence-corrected chi connectivity index (χ3v) is 2.58. The van der Waals surface area contributed by atoms with Crippen LogP contribution < -0.4 is 5.32 Å². The van der Waals surface area contributed by atoms with Crippen LogP contribution in [0.2, 0.25) is 0 Å². The van der Waals surface area contributed by atoms with Crippen LogP contribution in [0.3, 0.4) is 0 Å². The molecular weight excluding hydrogens is 218 g/mol. The molecule has 0 aliphatic heterocycles. The molecule has 0 fully saturated rings. The molecule has 2 N–H and O–H groups in total. The number of nitrogens with one attached hydrogen (secondary N) is 1. The van der Waals surface area contributed by atoms with E-state index in [1.54, 1.807) is 0 Å². The van der Waals surface area contributed by atoms with Gasteiger partial charge in [0, 0.05) is 19.4 Å². The van der Waals surface area contributed by atoms with Crippen molar-refractivity contribution in [3.05, 3.63) is 0 Å². The Morgan fingerprint density at radius 2 is 1.65 bits per heavy atom. The molecule has 4 heteroatoms. The Morgan fingerprint density at radius 3 is 2.12 bits per heavy atom. The summed E-state index contributed by atoms with van der Waals surface area (Å²) in [6.07, 6.45) is 1.66. The Bertz CT molecular complexity index is 251. The normalized spacial score (nSPS) is 14.4. The van der Waals surface area contributed by atoms with Crippen molar-refractivity contribution in [2.45, 2.75) is 47.0 Å². The fraction of sp³-hybridized carbons (Fsp3) is 0.846. The van der Waals surface area contributed by atoms with Gasteiger partial charge in [0.15, 0.2) is 0 Å². The van der Waals surface area contributed by atoms with E-state index in [0.29, 0.717) is 24.8 Å². The van der Waals surface area contributed by atoms with E-state index >= 15 is 0 Å². The monoisotopic (exact) mass is 243 g/mol. The SMILES string of the molecule is CC(C)CC(C)CC(=O)NCC(C)CC(=O)O. The van der Waals surface area contributed by atoms with E-state index in [9.17, 15) is 9.59 Å². The van der Waals surface area contributed by atoms with Crippen LogP contribution in [-0.2, 0) is 9.59 Å². The standard InChI is InChI=1S/C13H25NO3/c1-9(2)5-10(3)6-12(15)14-8-11(4)7-13(16)17/h9-11H,5-8H2,1-4H3,(H,14,15)(H,16,17). The predicted octanol–water partition coefficient (Wildman–Crippen LogP) is 2.29. The molecule has 17 heavy (non-hydrogen) atoms. The first kappa shape index (κ1) is 15.9. The molecule has 0 radical (unpaired) electrons. The lowest BCUT2D eigenvalue weighted by Crippen LogP contribution is -2.30. The molecule has 0 saturated heterocycles. The first-order chi connectivity index (χ1) is 7.81. The van der Waals surface area contributed by atoms with Crippen molar-refractivity contribution in [3.63, 3.8) is 0 Å². The van der Waals surface area contributed by atoms with Crippen molar-refractivity contribution in [1.82, 2.24) is 5.32 Å². The molecule has 0 heterocycles. The maximum Gasteiger partial charge on any atom is 0.303 e. The maximum absolute atomic E-state index is 11.6. The summed E-state index contributed by atoms with van der Waals surface area (Å²) in [7, 11) is 0. The molecule has 0 aromatic heterocycles. The number of hydrogen-bond acceptors (Lipinski definition) is 2. The number of carbonyl (C=O) groups excluding carboxylic acids is 1.